The average molecular weight is 776 g/mol. The Hall–Kier alpha value is -4.64. The van der Waals surface area contributed by atoms with Gasteiger partial charge >= 0.3 is 12.1 Å². The first-order valence-electron chi connectivity index (χ1n) is 18.2. The molecule has 1 aliphatic heterocycles. The Morgan fingerprint density at radius 3 is 2.20 bits per heavy atom. The van der Waals surface area contributed by atoms with Gasteiger partial charge in [-0.2, -0.15) is 13.2 Å². The largest absolute Gasteiger partial charge is 0.481 e. The number of halogens is 7. The van der Waals surface area contributed by atoms with Crippen molar-refractivity contribution in [3.63, 3.8) is 0 Å². The average Bonchev–Trinajstić information content (AvgIpc) is 3.69. The van der Waals surface area contributed by atoms with Crippen LogP contribution in [0.3, 0.4) is 0 Å². The molecule has 2 fully saturated rings. The molecule has 2 aliphatic rings. The minimum atomic E-state index is -4.93. The van der Waals surface area contributed by atoms with Crippen LogP contribution in [-0.4, -0.2) is 52.0 Å². The lowest BCUT2D eigenvalue weighted by Crippen LogP contribution is -2.41. The Kier molecular flexibility index (Phi) is 12.2. The molecule has 2 heterocycles. The third kappa shape index (κ3) is 9.26. The molecule has 14 heteroatoms. The molecule has 5 rings (SSSR count). The van der Waals surface area contributed by atoms with E-state index in [1.165, 1.54) is 13.0 Å². The van der Waals surface area contributed by atoms with Gasteiger partial charge in [-0.25, -0.2) is 17.6 Å². The van der Waals surface area contributed by atoms with Crippen LogP contribution in [0.1, 0.15) is 104 Å². The predicted octanol–water partition coefficient (Wildman–Crippen LogP) is 8.55. The van der Waals surface area contributed by atoms with Crippen molar-refractivity contribution in [3.8, 4) is 23.0 Å². The monoisotopic (exact) mass is 775 g/mol. The number of likely N-dealkylation sites (tertiary alicyclic amines) is 1. The van der Waals surface area contributed by atoms with Crippen LogP contribution in [0, 0.1) is 49.2 Å². The maximum absolute atomic E-state index is 16.7. The van der Waals surface area contributed by atoms with Crippen molar-refractivity contribution in [2.45, 2.75) is 96.8 Å². The van der Waals surface area contributed by atoms with E-state index < -0.39 is 82.6 Å². The van der Waals surface area contributed by atoms with Gasteiger partial charge in [0, 0.05) is 42.3 Å². The van der Waals surface area contributed by atoms with E-state index in [4.69, 9.17) is 0 Å². The van der Waals surface area contributed by atoms with E-state index in [1.54, 1.807) is 50.8 Å². The van der Waals surface area contributed by atoms with Crippen molar-refractivity contribution in [2.24, 2.45) is 11.8 Å². The van der Waals surface area contributed by atoms with E-state index in [9.17, 15) is 41.4 Å². The number of aryl methyl sites for hydroxylation is 2. The number of pyridine rings is 1. The van der Waals surface area contributed by atoms with Crippen molar-refractivity contribution >= 4 is 11.9 Å². The standard InChI is InChI=1S/C41H44F7N3O4/c1-6-8-26-16-28(35-23(4)9-7-10-24(35)5)38(43)36(37(26)42)31(18-34(53)54)49-39(55)32(15-22(2)3)51-21-29(30(17-33(51)52)41(46,47)48)25-11-13-50(14-12-25)20-27-19-40(27,44)45/h7,9-10,16-17,21-22,25,27,31-32H,11-15,18-20H2,1-5H3,(H,49,55)(H,53,54)/t27?,31-,32-/m1/s1. The zero-order chi connectivity index (χ0) is 40.6. The highest BCUT2D eigenvalue weighted by Crippen LogP contribution is 2.49. The summed E-state index contributed by atoms with van der Waals surface area (Å²) in [5.41, 5.74) is -1.99. The van der Waals surface area contributed by atoms with Crippen molar-refractivity contribution in [1.82, 2.24) is 14.8 Å². The number of carboxylic acids is 1. The lowest BCUT2D eigenvalue weighted by atomic mass is 9.87. The van der Waals surface area contributed by atoms with Crippen molar-refractivity contribution in [1.29, 1.82) is 0 Å². The first-order valence-corrected chi connectivity index (χ1v) is 18.2. The maximum atomic E-state index is 16.7. The molecule has 3 atom stereocenters. The molecule has 2 N–H and O–H groups in total. The van der Waals surface area contributed by atoms with E-state index in [1.807, 2.05) is 0 Å². The second kappa shape index (κ2) is 16.2. The first-order chi connectivity index (χ1) is 25.7. The number of hydrogen-bond donors (Lipinski definition) is 2. The van der Waals surface area contributed by atoms with E-state index >= 15 is 8.78 Å². The van der Waals surface area contributed by atoms with Crippen molar-refractivity contribution < 1.29 is 45.4 Å². The van der Waals surface area contributed by atoms with Gasteiger partial charge in [0.1, 0.15) is 17.7 Å². The molecule has 1 unspecified atom stereocenters. The van der Waals surface area contributed by atoms with Gasteiger partial charge < -0.3 is 19.9 Å². The normalized spacial score (nSPS) is 18.4. The van der Waals surface area contributed by atoms with Gasteiger partial charge in [0.2, 0.25) is 5.91 Å². The van der Waals surface area contributed by atoms with E-state index in [2.05, 4.69) is 17.2 Å². The zero-order valence-corrected chi connectivity index (χ0v) is 31.2. The molecule has 7 nitrogen and oxygen atoms in total. The van der Waals surface area contributed by atoms with Gasteiger partial charge in [-0.1, -0.05) is 38.0 Å². The van der Waals surface area contributed by atoms with Gasteiger partial charge in [-0.15, -0.1) is 5.92 Å². The second-order valence-electron chi connectivity index (χ2n) is 15.1. The molecule has 1 amide bonds. The Morgan fingerprint density at radius 1 is 1.05 bits per heavy atom. The smallest absolute Gasteiger partial charge is 0.416 e. The summed E-state index contributed by atoms with van der Waals surface area (Å²) in [6.45, 7) is 8.91. The topological polar surface area (TPSA) is 91.6 Å². The Labute approximate surface area is 314 Å². The lowest BCUT2D eigenvalue weighted by molar-refractivity contribution is -0.139. The molecule has 1 aliphatic carbocycles. The number of piperidine rings is 1. The molecule has 1 aromatic heterocycles. The van der Waals surface area contributed by atoms with E-state index in [-0.39, 0.29) is 67.9 Å². The molecule has 3 aromatic rings. The molecule has 1 saturated heterocycles. The highest BCUT2D eigenvalue weighted by Gasteiger charge is 2.57. The van der Waals surface area contributed by atoms with E-state index in [0.29, 0.717) is 22.8 Å². The molecule has 0 spiro atoms. The lowest BCUT2D eigenvalue weighted by Gasteiger charge is -2.34. The third-order valence-electron chi connectivity index (χ3n) is 10.5. The molecule has 0 radical (unpaired) electrons. The van der Waals surface area contributed by atoms with Crippen molar-refractivity contribution in [3.05, 3.63) is 91.9 Å². The summed E-state index contributed by atoms with van der Waals surface area (Å²) in [6, 6.07) is 3.50. The summed E-state index contributed by atoms with van der Waals surface area (Å²) in [4.78, 5) is 41.7. The second-order valence-corrected chi connectivity index (χ2v) is 15.1. The number of alkyl halides is 5. The minimum Gasteiger partial charge on any atom is -0.481 e. The number of aliphatic carboxylic acids is 1. The van der Waals surface area contributed by atoms with Gasteiger partial charge in [-0.3, -0.25) is 14.4 Å². The van der Waals surface area contributed by atoms with Gasteiger partial charge in [0.25, 0.3) is 11.5 Å². The number of rotatable bonds is 12. The Balaban J connectivity index is 1.56. The van der Waals surface area contributed by atoms with Gasteiger partial charge in [0.15, 0.2) is 0 Å². The van der Waals surface area contributed by atoms with Crippen LogP contribution in [0.4, 0.5) is 30.7 Å². The number of hydrogen-bond acceptors (Lipinski definition) is 4. The van der Waals surface area contributed by atoms with Gasteiger partial charge in [-0.05, 0) is 93.3 Å². The number of aromatic nitrogens is 1. The summed E-state index contributed by atoms with van der Waals surface area (Å²) < 4.78 is 104. The Morgan fingerprint density at radius 2 is 1.67 bits per heavy atom. The number of benzene rings is 2. The number of nitrogens with zero attached hydrogens (tertiary/aromatic N) is 2. The van der Waals surface area contributed by atoms with Crippen LogP contribution < -0.4 is 10.9 Å². The summed E-state index contributed by atoms with van der Waals surface area (Å²) >= 11 is 0. The first kappa shape index (κ1) is 41.5. The molecular weight excluding hydrogens is 731 g/mol. The summed E-state index contributed by atoms with van der Waals surface area (Å²) in [6.07, 6.45) is -4.90. The fourth-order valence-electron chi connectivity index (χ4n) is 7.66. The number of carbonyl (C=O) groups is 2. The molecular formula is C41H44F7N3O4. The van der Waals surface area contributed by atoms with Crippen LogP contribution in [0.15, 0.2) is 41.3 Å². The number of amides is 1. The fraction of sp³-hybridized carbons (Fsp3) is 0.488. The van der Waals surface area contributed by atoms with E-state index in [0.717, 1.165) is 10.8 Å². The molecule has 2 aromatic carbocycles. The SMILES string of the molecule is CC#Cc1cc(-c2c(C)cccc2C)c(F)c([C@@H](CC(=O)O)NC(=O)[C@@H](CC(C)C)n2cc(C3CCN(CC4CC4(F)F)CC3)c(C(F)(F)F)cc2=O)c1F. The number of nitrogens with one attached hydrogen (secondary N) is 1. The highest BCUT2D eigenvalue weighted by molar-refractivity contribution is 5.82. The summed E-state index contributed by atoms with van der Waals surface area (Å²) in [5.74, 6) is -4.32. The predicted molar refractivity (Wildman–Crippen MR) is 193 cm³/mol. The molecule has 296 valence electrons. The molecule has 1 saturated carbocycles. The summed E-state index contributed by atoms with van der Waals surface area (Å²) in [7, 11) is 0. The Bertz CT molecular complexity index is 2050. The van der Waals surface area contributed by atoms with Crippen molar-refractivity contribution in [2.75, 3.05) is 19.6 Å². The number of carboxylic acid groups (broad SMARTS) is 1. The van der Waals surface area contributed by atoms with Crippen LogP contribution in [-0.2, 0) is 15.8 Å². The maximum Gasteiger partial charge on any atom is 0.416 e. The quantitative estimate of drug-likeness (QED) is 0.142. The molecule has 55 heavy (non-hydrogen) atoms. The molecule has 0 bridgehead atoms. The highest BCUT2D eigenvalue weighted by atomic mass is 19.4. The zero-order valence-electron chi connectivity index (χ0n) is 31.2. The summed E-state index contributed by atoms with van der Waals surface area (Å²) in [5, 5.41) is 12.3. The fourth-order valence-corrected chi connectivity index (χ4v) is 7.66. The van der Waals surface area contributed by atoms with Crippen LogP contribution in [0.2, 0.25) is 0 Å². The van der Waals surface area contributed by atoms with Crippen LogP contribution >= 0.6 is 0 Å². The third-order valence-corrected chi connectivity index (χ3v) is 10.5. The minimum absolute atomic E-state index is 0.0754. The van der Waals surface area contributed by atoms with Gasteiger partial charge in [0.05, 0.1) is 23.6 Å². The van der Waals surface area contributed by atoms with Crippen LogP contribution in [0.25, 0.3) is 11.1 Å². The van der Waals surface area contributed by atoms with Crippen LogP contribution in [0.5, 0.6) is 0 Å². The number of carbonyl (C=O) groups excluding carboxylic acids is 1.